The number of carbonyl (C=O) groups excluding carboxylic acids is 1. The van der Waals surface area contributed by atoms with Crippen LogP contribution in [0.5, 0.6) is 0 Å². The van der Waals surface area contributed by atoms with E-state index in [9.17, 15) is 9.90 Å². The van der Waals surface area contributed by atoms with Gasteiger partial charge < -0.3 is 14.9 Å². The molecule has 154 valence electrons. The summed E-state index contributed by atoms with van der Waals surface area (Å²) in [7, 11) is 0. The van der Waals surface area contributed by atoms with Gasteiger partial charge in [-0.3, -0.25) is 0 Å². The molecule has 4 rings (SSSR count). The third-order valence-electron chi connectivity index (χ3n) is 8.45. The highest BCUT2D eigenvalue weighted by atomic mass is 16.3. The highest BCUT2D eigenvalue weighted by Crippen LogP contribution is 2.56. The lowest BCUT2D eigenvalue weighted by Gasteiger charge is -2.61. The first-order chi connectivity index (χ1) is 13.1. The van der Waals surface area contributed by atoms with Gasteiger partial charge in [0.05, 0.1) is 5.60 Å². The van der Waals surface area contributed by atoms with E-state index in [1.54, 1.807) is 0 Å². The normalized spacial score (nSPS) is 32.1. The summed E-state index contributed by atoms with van der Waals surface area (Å²) in [5.41, 5.74) is 2.27. The lowest BCUT2D eigenvalue weighted by Crippen LogP contribution is -2.67. The maximum Gasteiger partial charge on any atom is 0.320 e. The standard InChI is InChI=1S/C24H36N2O2/c1-22(2)20-15-17-9-6-7-11-19(17)24(22,5)12-14-26(20)21(27)25-13-8-10-18(16-25)23(3,4)28/h6-7,9,11,18,20,28H,8,10,12-16H2,1-5H3/t18-,20+,24+/m1/s1. The molecule has 2 bridgehead atoms. The van der Waals surface area contributed by atoms with Crippen molar-refractivity contribution in [3.8, 4) is 0 Å². The first-order valence-electron chi connectivity index (χ1n) is 10.9. The van der Waals surface area contributed by atoms with Gasteiger partial charge in [-0.25, -0.2) is 4.79 Å². The van der Waals surface area contributed by atoms with Crippen LogP contribution in [0.4, 0.5) is 4.79 Å². The van der Waals surface area contributed by atoms with E-state index >= 15 is 0 Å². The molecule has 0 spiro atoms. The average Bonchev–Trinajstić information content (AvgIpc) is 2.64. The molecule has 3 atom stereocenters. The van der Waals surface area contributed by atoms with Crippen LogP contribution in [-0.2, 0) is 11.8 Å². The van der Waals surface area contributed by atoms with Gasteiger partial charge in [0.2, 0.25) is 0 Å². The van der Waals surface area contributed by atoms with Crippen LogP contribution in [0.1, 0.15) is 65.0 Å². The van der Waals surface area contributed by atoms with Crippen LogP contribution in [0.25, 0.3) is 0 Å². The Morgan fingerprint density at radius 1 is 1.18 bits per heavy atom. The van der Waals surface area contributed by atoms with Crippen molar-refractivity contribution in [3.05, 3.63) is 35.4 Å². The molecule has 0 radical (unpaired) electrons. The molecule has 3 aliphatic rings. The van der Waals surface area contributed by atoms with Crippen molar-refractivity contribution in [3.63, 3.8) is 0 Å². The molecule has 2 aliphatic heterocycles. The lowest BCUT2D eigenvalue weighted by molar-refractivity contribution is -0.0378. The Labute approximate surface area is 169 Å². The van der Waals surface area contributed by atoms with Crippen LogP contribution in [0.3, 0.4) is 0 Å². The number of piperidine rings is 2. The van der Waals surface area contributed by atoms with Crippen molar-refractivity contribution < 1.29 is 9.90 Å². The van der Waals surface area contributed by atoms with Gasteiger partial charge in [-0.15, -0.1) is 0 Å². The number of urea groups is 1. The van der Waals surface area contributed by atoms with E-state index in [0.29, 0.717) is 6.54 Å². The topological polar surface area (TPSA) is 43.8 Å². The Balaban J connectivity index is 1.62. The summed E-state index contributed by atoms with van der Waals surface area (Å²) in [5, 5.41) is 10.5. The second kappa shape index (κ2) is 6.48. The largest absolute Gasteiger partial charge is 0.390 e. The minimum atomic E-state index is -0.734. The second-order valence-electron chi connectivity index (χ2n) is 10.6. The van der Waals surface area contributed by atoms with Crippen molar-refractivity contribution in [1.29, 1.82) is 0 Å². The van der Waals surface area contributed by atoms with Gasteiger partial charge in [0.1, 0.15) is 0 Å². The molecule has 1 aromatic carbocycles. The molecule has 0 unspecified atom stereocenters. The summed E-state index contributed by atoms with van der Waals surface area (Å²) in [6.07, 6.45) is 3.91. The Morgan fingerprint density at radius 2 is 1.89 bits per heavy atom. The Hall–Kier alpha value is -1.55. The maximum absolute atomic E-state index is 13.6. The molecular weight excluding hydrogens is 348 g/mol. The first kappa shape index (κ1) is 19.8. The van der Waals surface area contributed by atoms with Crippen LogP contribution in [0.2, 0.25) is 0 Å². The fourth-order valence-electron chi connectivity index (χ4n) is 6.01. The van der Waals surface area contributed by atoms with Crippen LogP contribution < -0.4 is 0 Å². The van der Waals surface area contributed by atoms with E-state index < -0.39 is 5.60 Å². The minimum Gasteiger partial charge on any atom is -0.390 e. The minimum absolute atomic E-state index is 0.0285. The molecule has 2 saturated heterocycles. The number of carbonyl (C=O) groups is 1. The highest BCUT2D eigenvalue weighted by molar-refractivity contribution is 5.75. The summed E-state index contributed by atoms with van der Waals surface area (Å²) in [4.78, 5) is 17.8. The van der Waals surface area contributed by atoms with Gasteiger partial charge in [0, 0.05) is 37.0 Å². The summed E-state index contributed by atoms with van der Waals surface area (Å²) in [6.45, 7) is 13.1. The zero-order chi connectivity index (χ0) is 20.3. The van der Waals surface area contributed by atoms with Crippen LogP contribution in [0.15, 0.2) is 24.3 Å². The number of fused-ring (bicyclic) bond motifs is 4. The van der Waals surface area contributed by atoms with E-state index in [2.05, 4.69) is 49.9 Å². The van der Waals surface area contributed by atoms with E-state index in [0.717, 1.165) is 38.8 Å². The quantitative estimate of drug-likeness (QED) is 0.788. The van der Waals surface area contributed by atoms with Crippen LogP contribution in [0, 0.1) is 11.3 Å². The van der Waals surface area contributed by atoms with Crippen molar-refractivity contribution in [1.82, 2.24) is 9.80 Å². The fraction of sp³-hybridized carbons (Fsp3) is 0.708. The number of benzene rings is 1. The molecule has 2 fully saturated rings. The molecule has 1 aromatic rings. The SMILES string of the molecule is CC(C)(O)[C@@H]1CCCN(C(=O)N2CC[C@@]3(C)c4ccccc4C[C@H]2C3(C)C)C1. The molecule has 2 heterocycles. The zero-order valence-corrected chi connectivity index (χ0v) is 18.2. The van der Waals surface area contributed by atoms with Crippen LogP contribution in [-0.4, -0.2) is 52.2 Å². The Bertz CT molecular complexity index is 766. The molecule has 0 saturated carbocycles. The number of hydrogen-bond donors (Lipinski definition) is 1. The zero-order valence-electron chi connectivity index (χ0n) is 18.2. The molecule has 28 heavy (non-hydrogen) atoms. The van der Waals surface area contributed by atoms with Gasteiger partial charge in [-0.1, -0.05) is 45.0 Å². The predicted octanol–water partition coefficient (Wildman–Crippen LogP) is 4.20. The summed E-state index contributed by atoms with van der Waals surface area (Å²) >= 11 is 0. The number of likely N-dealkylation sites (tertiary alicyclic amines) is 2. The summed E-state index contributed by atoms with van der Waals surface area (Å²) in [5.74, 6) is 0.153. The third-order valence-corrected chi connectivity index (χ3v) is 8.45. The second-order valence-corrected chi connectivity index (χ2v) is 10.6. The number of rotatable bonds is 1. The van der Waals surface area contributed by atoms with Crippen molar-refractivity contribution in [2.45, 2.75) is 77.4 Å². The van der Waals surface area contributed by atoms with Gasteiger partial charge in [-0.2, -0.15) is 0 Å². The lowest BCUT2D eigenvalue weighted by atomic mass is 9.51. The maximum atomic E-state index is 13.6. The number of hydrogen-bond acceptors (Lipinski definition) is 2. The van der Waals surface area contributed by atoms with Crippen LogP contribution >= 0.6 is 0 Å². The molecule has 4 nitrogen and oxygen atoms in total. The molecule has 4 heteroatoms. The van der Waals surface area contributed by atoms with E-state index in [-0.39, 0.29) is 28.8 Å². The molecule has 1 aliphatic carbocycles. The summed E-state index contributed by atoms with van der Waals surface area (Å²) < 4.78 is 0. The first-order valence-corrected chi connectivity index (χ1v) is 10.9. The molecular formula is C24H36N2O2. The Morgan fingerprint density at radius 3 is 2.61 bits per heavy atom. The van der Waals surface area contributed by atoms with Crippen molar-refractivity contribution >= 4 is 6.03 Å². The number of amides is 2. The van der Waals surface area contributed by atoms with E-state index in [4.69, 9.17) is 0 Å². The summed E-state index contributed by atoms with van der Waals surface area (Å²) in [6, 6.07) is 9.21. The van der Waals surface area contributed by atoms with E-state index in [1.165, 1.54) is 11.1 Å². The molecule has 1 N–H and O–H groups in total. The van der Waals surface area contributed by atoms with Gasteiger partial charge in [0.15, 0.2) is 0 Å². The number of aliphatic hydroxyl groups is 1. The van der Waals surface area contributed by atoms with Gasteiger partial charge in [0.25, 0.3) is 0 Å². The third kappa shape index (κ3) is 2.87. The smallest absolute Gasteiger partial charge is 0.320 e. The predicted molar refractivity (Wildman–Crippen MR) is 112 cm³/mol. The monoisotopic (exact) mass is 384 g/mol. The van der Waals surface area contributed by atoms with Crippen molar-refractivity contribution in [2.75, 3.05) is 19.6 Å². The number of nitrogens with zero attached hydrogens (tertiary/aromatic N) is 2. The van der Waals surface area contributed by atoms with Crippen molar-refractivity contribution in [2.24, 2.45) is 11.3 Å². The average molecular weight is 385 g/mol. The molecule has 0 aromatic heterocycles. The van der Waals surface area contributed by atoms with Gasteiger partial charge >= 0.3 is 6.03 Å². The van der Waals surface area contributed by atoms with Gasteiger partial charge in [-0.05, 0) is 56.1 Å². The fourth-order valence-corrected chi connectivity index (χ4v) is 6.01. The highest BCUT2D eigenvalue weighted by Gasteiger charge is 2.57. The Kier molecular flexibility index (Phi) is 4.57. The molecule has 2 amide bonds. The van der Waals surface area contributed by atoms with E-state index in [1.807, 2.05) is 18.7 Å².